The van der Waals surface area contributed by atoms with E-state index in [1.807, 2.05) is 19.1 Å². The minimum absolute atomic E-state index is 0.00992. The van der Waals surface area contributed by atoms with Crippen LogP contribution in [-0.4, -0.2) is 36.2 Å². The van der Waals surface area contributed by atoms with Gasteiger partial charge in [0.15, 0.2) is 6.61 Å². The summed E-state index contributed by atoms with van der Waals surface area (Å²) >= 11 is 0. The lowest BCUT2D eigenvalue weighted by molar-refractivity contribution is -0.384. The molecule has 0 spiro atoms. The highest BCUT2D eigenvalue weighted by Gasteiger charge is 2.24. The van der Waals surface area contributed by atoms with Crippen LogP contribution in [0.5, 0.6) is 5.75 Å². The first kappa shape index (κ1) is 22.3. The third-order valence-corrected chi connectivity index (χ3v) is 5.41. The minimum Gasteiger partial charge on any atom is -0.484 e. The number of hydrogen-bond donors (Lipinski definition) is 1. The maximum absolute atomic E-state index is 12.1. The van der Waals surface area contributed by atoms with Crippen LogP contribution in [0.3, 0.4) is 0 Å². The number of carbonyl (C=O) groups excluding carboxylic acids is 1. The van der Waals surface area contributed by atoms with Gasteiger partial charge in [0.05, 0.1) is 11.1 Å². The number of aryl methyl sites for hydroxylation is 1. The summed E-state index contributed by atoms with van der Waals surface area (Å²) in [6.45, 7) is 4.84. The molecule has 0 radical (unpaired) electrons. The van der Waals surface area contributed by atoms with Crippen LogP contribution in [0.25, 0.3) is 0 Å². The lowest BCUT2D eigenvalue weighted by atomic mass is 9.98. The normalized spacial score (nSPS) is 16.3. The van der Waals surface area contributed by atoms with E-state index in [2.05, 4.69) is 22.4 Å². The molecule has 8 heteroatoms. The van der Waals surface area contributed by atoms with E-state index in [0.717, 1.165) is 37.1 Å². The maximum atomic E-state index is 12.1. The number of amides is 1. The van der Waals surface area contributed by atoms with Crippen molar-refractivity contribution in [1.82, 2.24) is 5.43 Å². The van der Waals surface area contributed by atoms with Crippen molar-refractivity contribution >= 4 is 23.5 Å². The molecule has 1 atom stereocenters. The van der Waals surface area contributed by atoms with Crippen LogP contribution in [0.1, 0.15) is 43.7 Å². The maximum Gasteiger partial charge on any atom is 0.277 e. The quantitative estimate of drug-likeness (QED) is 0.389. The van der Waals surface area contributed by atoms with Crippen LogP contribution in [-0.2, 0) is 4.79 Å². The summed E-state index contributed by atoms with van der Waals surface area (Å²) in [4.78, 5) is 25.2. The number of carbonyl (C=O) groups is 1. The molecule has 3 rings (SSSR count). The topological polar surface area (TPSA) is 97.1 Å². The lowest BCUT2D eigenvalue weighted by Crippen LogP contribution is -2.39. The van der Waals surface area contributed by atoms with Gasteiger partial charge in [-0.2, -0.15) is 5.10 Å². The molecule has 1 saturated heterocycles. The highest BCUT2D eigenvalue weighted by atomic mass is 16.6. The highest BCUT2D eigenvalue weighted by molar-refractivity contribution is 5.90. The summed E-state index contributed by atoms with van der Waals surface area (Å²) in [5.41, 5.74) is 5.03. The Bertz CT molecular complexity index is 943. The summed E-state index contributed by atoms with van der Waals surface area (Å²) in [5, 5.41) is 15.3. The van der Waals surface area contributed by atoms with Gasteiger partial charge in [-0.05, 0) is 50.8 Å². The summed E-state index contributed by atoms with van der Waals surface area (Å²) in [6.07, 6.45) is 5.82. The molecule has 0 saturated carbocycles. The van der Waals surface area contributed by atoms with Crippen molar-refractivity contribution in [3.8, 4) is 5.75 Å². The second-order valence-electron chi connectivity index (χ2n) is 7.65. The number of piperidine rings is 1. The van der Waals surface area contributed by atoms with Crippen LogP contribution < -0.4 is 15.1 Å². The fraction of sp³-hybridized carbons (Fsp3) is 0.391. The fourth-order valence-electron chi connectivity index (χ4n) is 3.75. The van der Waals surface area contributed by atoms with E-state index in [4.69, 9.17) is 4.74 Å². The lowest BCUT2D eigenvalue weighted by Gasteiger charge is -2.38. The number of nitro groups is 1. The number of nitrogens with one attached hydrogen (secondary N) is 1. The predicted molar refractivity (Wildman–Crippen MR) is 121 cm³/mol. The number of non-ortho nitro benzene ring substituents is 1. The zero-order valence-electron chi connectivity index (χ0n) is 17.9. The second-order valence-corrected chi connectivity index (χ2v) is 7.65. The number of ether oxygens (including phenoxy) is 1. The molecule has 1 aliphatic heterocycles. The largest absolute Gasteiger partial charge is 0.484 e. The fourth-order valence-corrected chi connectivity index (χ4v) is 3.75. The van der Waals surface area contributed by atoms with E-state index in [1.54, 1.807) is 18.2 Å². The molecular weight excluding hydrogens is 396 g/mol. The van der Waals surface area contributed by atoms with Crippen molar-refractivity contribution in [1.29, 1.82) is 0 Å². The molecule has 1 fully saturated rings. The standard InChI is InChI=1S/C23H28N4O4/c1-3-19-6-4-5-13-26(19)22-12-9-20(27(29)30)14-18(22)15-24-25-23(28)16-31-21-10-7-17(2)8-11-21/h7-12,14-15,19H,3-6,13,16H2,1-2H3,(H,25,28)/t19-/m0/s1. The number of hydrazone groups is 1. The van der Waals surface area contributed by atoms with E-state index in [0.29, 0.717) is 17.4 Å². The third-order valence-electron chi connectivity index (χ3n) is 5.41. The number of benzene rings is 2. The van der Waals surface area contributed by atoms with Crippen molar-refractivity contribution in [2.45, 2.75) is 45.6 Å². The molecule has 1 amide bonds. The van der Waals surface area contributed by atoms with Gasteiger partial charge >= 0.3 is 0 Å². The van der Waals surface area contributed by atoms with Crippen molar-refractivity contribution in [2.24, 2.45) is 5.10 Å². The van der Waals surface area contributed by atoms with Gasteiger partial charge in [-0.1, -0.05) is 24.6 Å². The number of hydrogen-bond acceptors (Lipinski definition) is 6. The van der Waals surface area contributed by atoms with E-state index < -0.39 is 10.8 Å². The van der Waals surface area contributed by atoms with Crippen LogP contribution in [0.4, 0.5) is 11.4 Å². The van der Waals surface area contributed by atoms with Gasteiger partial charge in [0.2, 0.25) is 0 Å². The van der Waals surface area contributed by atoms with Crippen molar-refractivity contribution in [2.75, 3.05) is 18.1 Å². The number of nitro benzene ring substituents is 1. The Labute approximate surface area is 182 Å². The second kappa shape index (κ2) is 10.6. The Morgan fingerprint density at radius 3 is 2.77 bits per heavy atom. The number of nitrogens with zero attached hydrogens (tertiary/aromatic N) is 3. The molecule has 1 N–H and O–H groups in total. The van der Waals surface area contributed by atoms with E-state index in [1.165, 1.54) is 24.8 Å². The molecule has 1 heterocycles. The van der Waals surface area contributed by atoms with Gasteiger partial charge in [-0.15, -0.1) is 0 Å². The molecule has 0 aromatic heterocycles. The van der Waals surface area contributed by atoms with Gasteiger partial charge in [0, 0.05) is 36.0 Å². The molecule has 164 valence electrons. The van der Waals surface area contributed by atoms with Gasteiger partial charge < -0.3 is 9.64 Å². The van der Waals surface area contributed by atoms with Crippen molar-refractivity contribution in [3.63, 3.8) is 0 Å². The van der Waals surface area contributed by atoms with Crippen LogP contribution in [0, 0.1) is 17.0 Å². The average molecular weight is 425 g/mol. The molecule has 8 nitrogen and oxygen atoms in total. The summed E-state index contributed by atoms with van der Waals surface area (Å²) in [6, 6.07) is 12.6. The average Bonchev–Trinajstić information content (AvgIpc) is 2.78. The molecule has 0 unspecified atom stereocenters. The zero-order chi connectivity index (χ0) is 22.2. The Balaban J connectivity index is 1.70. The number of rotatable bonds is 8. The molecule has 2 aromatic rings. The van der Waals surface area contributed by atoms with Crippen molar-refractivity contribution in [3.05, 3.63) is 63.7 Å². The zero-order valence-corrected chi connectivity index (χ0v) is 17.9. The summed E-state index contributed by atoms with van der Waals surface area (Å²) in [5.74, 6) is 0.189. The Kier molecular flexibility index (Phi) is 7.59. The smallest absolute Gasteiger partial charge is 0.277 e. The van der Waals surface area contributed by atoms with Crippen LogP contribution in [0.2, 0.25) is 0 Å². The molecular formula is C23H28N4O4. The van der Waals surface area contributed by atoms with E-state index in [9.17, 15) is 14.9 Å². The SMILES string of the molecule is CC[C@H]1CCCCN1c1ccc([N+](=O)[O-])cc1C=NNC(=O)COc1ccc(C)cc1. The van der Waals surface area contributed by atoms with Crippen LogP contribution in [0.15, 0.2) is 47.6 Å². The summed E-state index contributed by atoms with van der Waals surface area (Å²) < 4.78 is 5.44. The monoisotopic (exact) mass is 424 g/mol. The van der Waals surface area contributed by atoms with Crippen molar-refractivity contribution < 1.29 is 14.5 Å². The Hall–Kier alpha value is -3.42. The molecule has 31 heavy (non-hydrogen) atoms. The first-order valence-electron chi connectivity index (χ1n) is 10.5. The van der Waals surface area contributed by atoms with Gasteiger partial charge in [-0.3, -0.25) is 14.9 Å². The van der Waals surface area contributed by atoms with E-state index >= 15 is 0 Å². The van der Waals surface area contributed by atoms with E-state index in [-0.39, 0.29) is 12.3 Å². The third kappa shape index (κ3) is 6.04. The highest BCUT2D eigenvalue weighted by Crippen LogP contribution is 2.31. The first-order valence-corrected chi connectivity index (χ1v) is 10.5. The van der Waals surface area contributed by atoms with Gasteiger partial charge in [0.25, 0.3) is 11.6 Å². The molecule has 2 aromatic carbocycles. The van der Waals surface area contributed by atoms with Gasteiger partial charge in [0.1, 0.15) is 5.75 Å². The molecule has 1 aliphatic rings. The summed E-state index contributed by atoms with van der Waals surface area (Å²) in [7, 11) is 0. The molecule has 0 bridgehead atoms. The Morgan fingerprint density at radius 1 is 1.29 bits per heavy atom. The number of anilines is 1. The predicted octanol–water partition coefficient (Wildman–Crippen LogP) is 4.20. The Morgan fingerprint density at radius 2 is 2.06 bits per heavy atom. The van der Waals surface area contributed by atoms with Gasteiger partial charge in [-0.25, -0.2) is 5.43 Å². The minimum atomic E-state index is -0.428. The first-order chi connectivity index (χ1) is 15.0. The molecule has 0 aliphatic carbocycles. The van der Waals surface area contributed by atoms with Crippen LogP contribution >= 0.6 is 0 Å².